The van der Waals surface area contributed by atoms with Crippen molar-refractivity contribution in [2.75, 3.05) is 13.2 Å². The second-order valence-electron chi connectivity index (χ2n) is 7.27. The van der Waals surface area contributed by atoms with Crippen LogP contribution in [0, 0.1) is 5.92 Å². The van der Waals surface area contributed by atoms with Crippen molar-refractivity contribution >= 4 is 16.1 Å². The van der Waals surface area contributed by atoms with Gasteiger partial charge >= 0.3 is 27.3 Å². The van der Waals surface area contributed by atoms with Gasteiger partial charge < -0.3 is 9.47 Å². The number of rotatable bonds is 11. The van der Waals surface area contributed by atoms with E-state index in [0.717, 1.165) is 25.7 Å². The summed E-state index contributed by atoms with van der Waals surface area (Å²) in [6.07, 6.45) is 1.19. The Labute approximate surface area is 162 Å². The summed E-state index contributed by atoms with van der Waals surface area (Å²) in [6, 6.07) is 0. The lowest BCUT2D eigenvalue weighted by atomic mass is 9.88. The number of ether oxygens (including phenoxy) is 2. The standard InChI is InChI=1S/C17H26F4O6S/c1-12(2)15(7-4-5-8-15)27-14(22)13(3)11-26-10-6-9-16(18,19)17(20,21)28(23,24)25/h12H,3-11H2,1-2H3,(H,23,24,25). The molecule has 164 valence electrons. The van der Waals surface area contributed by atoms with Gasteiger partial charge in [0.2, 0.25) is 0 Å². The second kappa shape index (κ2) is 9.08. The molecule has 0 bridgehead atoms. The molecule has 1 aliphatic carbocycles. The van der Waals surface area contributed by atoms with Crippen molar-refractivity contribution in [3.8, 4) is 0 Å². The van der Waals surface area contributed by atoms with Crippen molar-refractivity contribution in [2.45, 2.75) is 69.2 Å². The van der Waals surface area contributed by atoms with Gasteiger partial charge in [0.25, 0.3) is 0 Å². The van der Waals surface area contributed by atoms with Crippen LogP contribution in [0.2, 0.25) is 0 Å². The summed E-state index contributed by atoms with van der Waals surface area (Å²) in [7, 11) is -6.25. The van der Waals surface area contributed by atoms with Crippen LogP contribution in [0.25, 0.3) is 0 Å². The van der Waals surface area contributed by atoms with Crippen LogP contribution in [0.4, 0.5) is 17.6 Å². The Morgan fingerprint density at radius 2 is 1.75 bits per heavy atom. The summed E-state index contributed by atoms with van der Waals surface area (Å²) in [5.74, 6) is -5.52. The highest BCUT2D eigenvalue weighted by molar-refractivity contribution is 7.87. The van der Waals surface area contributed by atoms with E-state index in [1.54, 1.807) is 0 Å². The van der Waals surface area contributed by atoms with E-state index in [1.807, 2.05) is 13.8 Å². The molecule has 1 aliphatic rings. The predicted octanol–water partition coefficient (Wildman–Crippen LogP) is 3.97. The monoisotopic (exact) mass is 434 g/mol. The first-order valence-corrected chi connectivity index (χ1v) is 10.3. The maximum absolute atomic E-state index is 13.3. The largest absolute Gasteiger partial charge is 0.455 e. The minimum atomic E-state index is -6.25. The highest BCUT2D eigenvalue weighted by Gasteiger charge is 2.64. The molecule has 6 nitrogen and oxygen atoms in total. The minimum absolute atomic E-state index is 0.0399. The Morgan fingerprint density at radius 3 is 2.21 bits per heavy atom. The molecule has 0 spiro atoms. The molecule has 0 aromatic rings. The first-order chi connectivity index (χ1) is 12.7. The number of hydrogen-bond acceptors (Lipinski definition) is 5. The number of alkyl halides is 4. The van der Waals surface area contributed by atoms with Crippen molar-refractivity contribution < 1.29 is 44.8 Å². The molecular formula is C17H26F4O6S. The van der Waals surface area contributed by atoms with E-state index in [1.165, 1.54) is 0 Å². The molecule has 11 heteroatoms. The van der Waals surface area contributed by atoms with E-state index < -0.39 is 52.3 Å². The molecule has 0 atom stereocenters. The number of esters is 1. The Balaban J connectivity index is 2.43. The van der Waals surface area contributed by atoms with Crippen LogP contribution in [0.15, 0.2) is 12.2 Å². The van der Waals surface area contributed by atoms with Crippen molar-refractivity contribution in [1.29, 1.82) is 0 Å². The summed E-state index contributed by atoms with van der Waals surface area (Å²) in [5.41, 5.74) is -0.606. The van der Waals surface area contributed by atoms with Gasteiger partial charge in [-0.25, -0.2) is 4.79 Å². The summed E-state index contributed by atoms with van der Waals surface area (Å²) in [4.78, 5) is 12.2. The van der Waals surface area contributed by atoms with E-state index in [2.05, 4.69) is 6.58 Å². The maximum atomic E-state index is 13.3. The third-order valence-corrected chi connectivity index (χ3v) is 5.84. The number of carbonyl (C=O) groups is 1. The van der Waals surface area contributed by atoms with E-state index >= 15 is 0 Å². The van der Waals surface area contributed by atoms with Gasteiger partial charge in [-0.15, -0.1) is 0 Å². The van der Waals surface area contributed by atoms with E-state index in [-0.39, 0.29) is 18.1 Å². The number of halogens is 4. The zero-order valence-corrected chi connectivity index (χ0v) is 16.7. The van der Waals surface area contributed by atoms with E-state index in [9.17, 15) is 30.8 Å². The van der Waals surface area contributed by atoms with Gasteiger partial charge in [-0.1, -0.05) is 20.4 Å². The van der Waals surface area contributed by atoms with E-state index in [0.29, 0.717) is 0 Å². The van der Waals surface area contributed by atoms with Gasteiger partial charge in [0.15, 0.2) is 0 Å². The van der Waals surface area contributed by atoms with Crippen LogP contribution in [-0.2, 0) is 24.4 Å². The Bertz CT molecular complexity index is 669. The van der Waals surface area contributed by atoms with Crippen LogP contribution in [0.5, 0.6) is 0 Å². The zero-order valence-electron chi connectivity index (χ0n) is 15.8. The molecule has 0 aromatic carbocycles. The average Bonchev–Trinajstić information content (AvgIpc) is 3.02. The fraction of sp³-hybridized carbons (Fsp3) is 0.824. The minimum Gasteiger partial charge on any atom is -0.455 e. The topological polar surface area (TPSA) is 89.9 Å². The van der Waals surface area contributed by atoms with Crippen molar-refractivity contribution in [3.05, 3.63) is 12.2 Å². The van der Waals surface area contributed by atoms with Gasteiger partial charge in [0.1, 0.15) is 5.60 Å². The molecule has 0 saturated heterocycles. The Kier molecular flexibility index (Phi) is 8.06. The first kappa shape index (κ1) is 24.8. The normalized spacial score (nSPS) is 17.7. The molecule has 0 heterocycles. The Morgan fingerprint density at radius 1 is 1.21 bits per heavy atom. The molecule has 0 aromatic heterocycles. The lowest BCUT2D eigenvalue weighted by Crippen LogP contribution is -2.46. The first-order valence-electron chi connectivity index (χ1n) is 8.88. The number of hydrogen-bond donors (Lipinski definition) is 1. The summed E-state index contributed by atoms with van der Waals surface area (Å²) in [6.45, 7) is 6.63. The quantitative estimate of drug-likeness (QED) is 0.174. The molecule has 1 rings (SSSR count). The van der Waals surface area contributed by atoms with Gasteiger partial charge in [0, 0.05) is 13.0 Å². The fourth-order valence-electron chi connectivity index (χ4n) is 3.01. The molecule has 0 aliphatic heterocycles. The van der Waals surface area contributed by atoms with Gasteiger partial charge in [-0.3, -0.25) is 4.55 Å². The molecule has 1 saturated carbocycles. The van der Waals surface area contributed by atoms with Crippen molar-refractivity contribution in [3.63, 3.8) is 0 Å². The SMILES string of the molecule is C=C(COCCCC(F)(F)C(F)(F)S(=O)(=O)O)C(=O)OC1(C(C)C)CCCC1. The lowest BCUT2D eigenvalue weighted by molar-refractivity contribution is -0.166. The van der Waals surface area contributed by atoms with Gasteiger partial charge in [-0.2, -0.15) is 26.0 Å². The van der Waals surface area contributed by atoms with Crippen LogP contribution in [0.3, 0.4) is 0 Å². The predicted molar refractivity (Wildman–Crippen MR) is 92.8 cm³/mol. The Hall–Kier alpha value is -1.20. The van der Waals surface area contributed by atoms with Crippen LogP contribution in [0.1, 0.15) is 52.4 Å². The fourth-order valence-corrected chi connectivity index (χ4v) is 3.49. The molecule has 1 fully saturated rings. The zero-order chi connectivity index (χ0) is 21.8. The molecule has 0 amide bonds. The van der Waals surface area contributed by atoms with Crippen LogP contribution < -0.4 is 0 Å². The average molecular weight is 434 g/mol. The van der Waals surface area contributed by atoms with Crippen molar-refractivity contribution in [2.24, 2.45) is 5.92 Å². The summed E-state index contributed by atoms with van der Waals surface area (Å²) >= 11 is 0. The summed E-state index contributed by atoms with van der Waals surface area (Å²) in [5, 5.41) is -5.60. The lowest BCUT2D eigenvalue weighted by Gasteiger charge is -2.33. The maximum Gasteiger partial charge on any atom is 0.431 e. The summed E-state index contributed by atoms with van der Waals surface area (Å²) < 4.78 is 92.3. The highest BCUT2D eigenvalue weighted by Crippen LogP contribution is 2.41. The molecule has 0 unspecified atom stereocenters. The molecular weight excluding hydrogens is 408 g/mol. The van der Waals surface area contributed by atoms with Crippen LogP contribution >= 0.6 is 0 Å². The molecule has 1 N–H and O–H groups in total. The molecule has 0 radical (unpaired) electrons. The van der Waals surface area contributed by atoms with Gasteiger partial charge in [0.05, 0.1) is 12.2 Å². The van der Waals surface area contributed by atoms with Crippen LogP contribution in [-0.4, -0.2) is 48.9 Å². The number of carbonyl (C=O) groups excluding carboxylic acids is 1. The highest BCUT2D eigenvalue weighted by atomic mass is 32.2. The smallest absolute Gasteiger partial charge is 0.431 e. The van der Waals surface area contributed by atoms with Crippen molar-refractivity contribution in [1.82, 2.24) is 0 Å². The third-order valence-electron chi connectivity index (χ3n) is 4.89. The van der Waals surface area contributed by atoms with E-state index in [4.69, 9.17) is 14.0 Å². The molecule has 28 heavy (non-hydrogen) atoms. The van der Waals surface area contributed by atoms with Gasteiger partial charge in [-0.05, 0) is 38.0 Å². The second-order valence-corrected chi connectivity index (χ2v) is 8.73. The third kappa shape index (κ3) is 5.66.